The van der Waals surface area contributed by atoms with Crippen molar-refractivity contribution >= 4 is 7.69 Å². The lowest BCUT2D eigenvalue weighted by molar-refractivity contribution is 0.320. The minimum atomic E-state index is -0.0583. The highest BCUT2D eigenvalue weighted by Crippen LogP contribution is 2.42. The molecule has 0 heterocycles. The van der Waals surface area contributed by atoms with E-state index in [1.54, 1.807) is 24.3 Å². The Bertz CT molecular complexity index is 652. The molecule has 0 atom stereocenters. The van der Waals surface area contributed by atoms with Crippen LogP contribution in [0, 0.1) is 0 Å². The molecule has 0 saturated carbocycles. The van der Waals surface area contributed by atoms with Crippen molar-refractivity contribution in [3.8, 4) is 46.0 Å². The van der Waals surface area contributed by atoms with Crippen LogP contribution in [0.3, 0.4) is 0 Å². The van der Waals surface area contributed by atoms with Gasteiger partial charge in [0.2, 0.25) is 11.5 Å². The summed E-state index contributed by atoms with van der Waals surface area (Å²) in [6, 6.07) is 6.72. The molecule has 0 bridgehead atoms. The highest BCUT2D eigenvalue weighted by molar-refractivity contribution is 6.20. The molecule has 2 aromatic rings. The Kier molecular flexibility index (Phi) is 7.16. The van der Waals surface area contributed by atoms with Gasteiger partial charge in [-0.3, -0.25) is 0 Å². The normalized spacial score (nSPS) is 9.85. The van der Waals surface area contributed by atoms with Crippen LogP contribution in [0.2, 0.25) is 0 Å². The molecule has 2 aromatic carbocycles. The number of rotatable bonds is 10. The minimum Gasteiger partial charge on any atom is -0.528 e. The van der Waals surface area contributed by atoms with E-state index in [9.17, 15) is 0 Å². The molecule has 0 spiro atoms. The Hall–Kier alpha value is -3.10. The van der Waals surface area contributed by atoms with Crippen molar-refractivity contribution in [1.29, 1.82) is 0 Å². The van der Waals surface area contributed by atoms with E-state index in [4.69, 9.17) is 37.7 Å². The van der Waals surface area contributed by atoms with Gasteiger partial charge >= 0.3 is 7.69 Å². The van der Waals surface area contributed by atoms with Crippen LogP contribution >= 0.6 is 0 Å². The summed E-state index contributed by atoms with van der Waals surface area (Å²) < 4.78 is 43.1. The summed E-state index contributed by atoms with van der Waals surface area (Å²) in [6.45, 7) is 0. The minimum absolute atomic E-state index is 0.0583. The zero-order chi connectivity index (χ0) is 19.8. The molecule has 8 nitrogen and oxygen atoms in total. The van der Waals surface area contributed by atoms with Gasteiger partial charge in [-0.2, -0.15) is 0 Å². The van der Waals surface area contributed by atoms with E-state index in [1.165, 1.54) is 42.7 Å². The lowest BCUT2D eigenvalue weighted by Gasteiger charge is -2.16. The van der Waals surface area contributed by atoms with Crippen LogP contribution < -0.4 is 37.7 Å². The Balaban J connectivity index is 2.14. The average Bonchev–Trinajstić information content (AvgIpc) is 2.71. The maximum Gasteiger partial charge on any atom is 0.576 e. The van der Waals surface area contributed by atoms with E-state index in [2.05, 4.69) is 0 Å². The molecule has 0 fully saturated rings. The predicted octanol–water partition coefficient (Wildman–Crippen LogP) is 2.46. The van der Waals surface area contributed by atoms with Gasteiger partial charge in [0.25, 0.3) is 0 Å². The molecular weight excluding hydrogens is 355 g/mol. The largest absolute Gasteiger partial charge is 0.576 e. The van der Waals surface area contributed by atoms with Crippen molar-refractivity contribution in [3.05, 3.63) is 24.3 Å². The average molecular weight is 378 g/mol. The maximum absolute atomic E-state index is 5.65. The van der Waals surface area contributed by atoms with E-state index >= 15 is 0 Å². The number of benzene rings is 2. The third-order valence-corrected chi connectivity index (χ3v) is 3.73. The van der Waals surface area contributed by atoms with Gasteiger partial charge in [-0.25, -0.2) is 0 Å². The van der Waals surface area contributed by atoms with Crippen LogP contribution in [0.15, 0.2) is 24.3 Å². The molecule has 0 N–H and O–H groups in total. The molecular formula is C18H23BO8. The van der Waals surface area contributed by atoms with Gasteiger partial charge in [0.15, 0.2) is 23.0 Å². The van der Waals surface area contributed by atoms with Crippen LogP contribution in [0.5, 0.6) is 46.0 Å². The van der Waals surface area contributed by atoms with Crippen LogP contribution in [0.25, 0.3) is 0 Å². The van der Waals surface area contributed by atoms with Gasteiger partial charge in [0.05, 0.1) is 42.7 Å². The first-order valence-electron chi connectivity index (χ1n) is 7.97. The van der Waals surface area contributed by atoms with Crippen molar-refractivity contribution in [2.24, 2.45) is 0 Å². The first-order valence-corrected chi connectivity index (χ1v) is 7.97. The molecule has 27 heavy (non-hydrogen) atoms. The van der Waals surface area contributed by atoms with E-state index in [0.29, 0.717) is 46.0 Å². The monoisotopic (exact) mass is 378 g/mol. The van der Waals surface area contributed by atoms with Crippen LogP contribution in [-0.4, -0.2) is 50.3 Å². The molecule has 0 aliphatic carbocycles. The summed E-state index contributed by atoms with van der Waals surface area (Å²) in [5.74, 6) is 3.91. The molecule has 146 valence electrons. The van der Waals surface area contributed by atoms with E-state index in [0.717, 1.165) is 0 Å². The van der Waals surface area contributed by atoms with E-state index < -0.39 is 0 Å². The Morgan fingerprint density at radius 2 is 0.778 bits per heavy atom. The number of hydrogen-bond acceptors (Lipinski definition) is 8. The fourth-order valence-corrected chi connectivity index (χ4v) is 2.45. The first kappa shape index (κ1) is 20.2. The molecule has 0 radical (unpaired) electrons. The Labute approximate surface area is 159 Å². The van der Waals surface area contributed by atoms with E-state index in [1.807, 2.05) is 0 Å². The molecule has 0 amide bonds. The van der Waals surface area contributed by atoms with Crippen LogP contribution in [0.4, 0.5) is 0 Å². The highest BCUT2D eigenvalue weighted by Gasteiger charge is 2.16. The van der Waals surface area contributed by atoms with Gasteiger partial charge < -0.3 is 37.7 Å². The fraction of sp³-hybridized carbons (Fsp3) is 0.333. The van der Waals surface area contributed by atoms with Crippen LogP contribution in [0.1, 0.15) is 0 Å². The van der Waals surface area contributed by atoms with Gasteiger partial charge in [-0.15, -0.1) is 0 Å². The second-order valence-corrected chi connectivity index (χ2v) is 5.13. The number of ether oxygens (including phenoxy) is 6. The second-order valence-electron chi connectivity index (χ2n) is 5.13. The SMILES string of the molecule is COc1cc(OBOc2cc(OC)c(OC)c(OC)c2)cc(OC)c1OC. The topological polar surface area (TPSA) is 73.8 Å². The number of methoxy groups -OCH3 is 6. The van der Waals surface area contributed by atoms with Gasteiger partial charge in [-0.1, -0.05) is 0 Å². The summed E-state index contributed by atoms with van der Waals surface area (Å²) >= 11 is 0. The molecule has 9 heteroatoms. The summed E-state index contributed by atoms with van der Waals surface area (Å²) in [6.07, 6.45) is 0. The van der Waals surface area contributed by atoms with Crippen LogP contribution in [-0.2, 0) is 0 Å². The highest BCUT2D eigenvalue weighted by atomic mass is 16.6. The predicted molar refractivity (Wildman–Crippen MR) is 101 cm³/mol. The third-order valence-electron chi connectivity index (χ3n) is 3.73. The van der Waals surface area contributed by atoms with Gasteiger partial charge in [0, 0.05) is 24.3 Å². The van der Waals surface area contributed by atoms with E-state index in [-0.39, 0.29) is 7.69 Å². The number of hydrogen-bond donors (Lipinski definition) is 0. The quantitative estimate of drug-likeness (QED) is 0.584. The van der Waals surface area contributed by atoms with Crippen molar-refractivity contribution in [2.45, 2.75) is 0 Å². The lowest BCUT2D eigenvalue weighted by atomic mass is 10.2. The van der Waals surface area contributed by atoms with Crippen molar-refractivity contribution in [1.82, 2.24) is 0 Å². The maximum atomic E-state index is 5.65. The zero-order valence-electron chi connectivity index (χ0n) is 16.3. The van der Waals surface area contributed by atoms with Crippen molar-refractivity contribution in [3.63, 3.8) is 0 Å². The van der Waals surface area contributed by atoms with Crippen molar-refractivity contribution < 1.29 is 37.7 Å². The van der Waals surface area contributed by atoms with Crippen molar-refractivity contribution in [2.75, 3.05) is 42.7 Å². The van der Waals surface area contributed by atoms with Gasteiger partial charge in [0.1, 0.15) is 11.5 Å². The lowest BCUT2D eigenvalue weighted by Crippen LogP contribution is -2.11. The second kappa shape index (κ2) is 9.56. The molecule has 0 saturated heterocycles. The zero-order valence-corrected chi connectivity index (χ0v) is 16.3. The molecule has 0 aliphatic heterocycles. The summed E-state index contributed by atoms with van der Waals surface area (Å²) in [5, 5.41) is 0. The summed E-state index contributed by atoms with van der Waals surface area (Å²) in [5.41, 5.74) is 0. The third kappa shape index (κ3) is 4.55. The van der Waals surface area contributed by atoms with Gasteiger partial charge in [-0.05, 0) is 0 Å². The molecule has 0 unspecified atom stereocenters. The smallest absolute Gasteiger partial charge is 0.528 e. The molecule has 2 rings (SSSR count). The first-order chi connectivity index (χ1) is 13.1. The summed E-state index contributed by atoms with van der Waals surface area (Å²) in [7, 11) is 9.15. The molecule has 0 aliphatic rings. The summed E-state index contributed by atoms with van der Waals surface area (Å²) in [4.78, 5) is 0. The molecule has 0 aromatic heterocycles. The Morgan fingerprint density at radius 1 is 0.481 bits per heavy atom. The fourth-order valence-electron chi connectivity index (χ4n) is 2.45. The standard InChI is InChI=1S/C18H23BO8/c1-20-13-7-11(8-14(21-2)17(13)24-5)26-19-27-12-9-15(22-3)18(25-6)16(10-12)23-4/h7-10,19H,1-6H3. The Morgan fingerprint density at radius 3 is 1.00 bits per heavy atom.